The molecule has 1 aromatic rings. The van der Waals surface area contributed by atoms with Gasteiger partial charge in [-0.3, -0.25) is 0 Å². The Bertz CT molecular complexity index is 248. The van der Waals surface area contributed by atoms with Crippen molar-refractivity contribution >= 4 is 0 Å². The van der Waals surface area contributed by atoms with Gasteiger partial charge in [-0.05, 0) is 13.5 Å². The van der Waals surface area contributed by atoms with Crippen molar-refractivity contribution in [1.82, 2.24) is 15.3 Å². The van der Waals surface area contributed by atoms with Gasteiger partial charge in [-0.2, -0.15) is 0 Å². The van der Waals surface area contributed by atoms with Crippen LogP contribution in [-0.4, -0.2) is 17.0 Å². The predicted octanol–water partition coefficient (Wildman–Crippen LogP) is 2.71. The van der Waals surface area contributed by atoms with Gasteiger partial charge in [0.2, 0.25) is 0 Å². The maximum absolute atomic E-state index is 4.05. The van der Waals surface area contributed by atoms with E-state index in [1.54, 1.807) is 6.33 Å². The van der Waals surface area contributed by atoms with Crippen LogP contribution in [0.2, 0.25) is 0 Å². The first-order chi connectivity index (χ1) is 7.38. The molecule has 0 aliphatic rings. The van der Waals surface area contributed by atoms with Gasteiger partial charge in [-0.1, -0.05) is 32.6 Å². The van der Waals surface area contributed by atoms with Gasteiger partial charge in [0, 0.05) is 24.0 Å². The minimum Gasteiger partial charge on any atom is -0.313 e. The third-order valence-corrected chi connectivity index (χ3v) is 2.68. The number of rotatable bonds is 7. The van der Waals surface area contributed by atoms with Crippen LogP contribution in [0.4, 0.5) is 0 Å². The van der Waals surface area contributed by atoms with Crippen LogP contribution in [0.15, 0.2) is 18.7 Å². The van der Waals surface area contributed by atoms with Gasteiger partial charge in [-0.15, -0.1) is 0 Å². The summed E-state index contributed by atoms with van der Waals surface area (Å²) < 4.78 is 0. The Kier molecular flexibility index (Phi) is 5.93. The second-order valence-electron chi connectivity index (χ2n) is 3.86. The molecule has 1 rings (SSSR count). The fourth-order valence-corrected chi connectivity index (χ4v) is 1.74. The van der Waals surface area contributed by atoms with Crippen molar-refractivity contribution in [3.8, 4) is 0 Å². The molecule has 1 unspecified atom stereocenters. The van der Waals surface area contributed by atoms with E-state index in [9.17, 15) is 0 Å². The Morgan fingerprint density at radius 1 is 1.20 bits per heavy atom. The second kappa shape index (κ2) is 7.35. The number of nitrogens with zero attached hydrogens (tertiary/aromatic N) is 2. The van der Waals surface area contributed by atoms with Crippen molar-refractivity contribution < 1.29 is 0 Å². The normalized spacial score (nSPS) is 12.7. The van der Waals surface area contributed by atoms with Crippen LogP contribution in [0, 0.1) is 0 Å². The van der Waals surface area contributed by atoms with Crippen molar-refractivity contribution in [3.63, 3.8) is 0 Å². The number of unbranched alkanes of at least 4 members (excludes halogenated alkanes) is 3. The second-order valence-corrected chi connectivity index (χ2v) is 3.86. The van der Waals surface area contributed by atoms with Crippen LogP contribution in [-0.2, 0) is 0 Å². The van der Waals surface area contributed by atoms with E-state index in [0.717, 1.165) is 0 Å². The molecule has 84 valence electrons. The molecule has 15 heavy (non-hydrogen) atoms. The molecule has 0 amide bonds. The lowest BCUT2D eigenvalue weighted by molar-refractivity contribution is 0.502. The Morgan fingerprint density at radius 2 is 1.93 bits per heavy atom. The van der Waals surface area contributed by atoms with E-state index in [1.165, 1.54) is 37.7 Å². The lowest BCUT2D eigenvalue weighted by atomic mass is 10.0. The van der Waals surface area contributed by atoms with Crippen LogP contribution in [0.1, 0.15) is 50.6 Å². The Morgan fingerprint density at radius 3 is 2.53 bits per heavy atom. The molecule has 0 aromatic carbocycles. The highest BCUT2D eigenvalue weighted by molar-refractivity contribution is 5.08. The SMILES string of the molecule is CCCCCCC(NC)c1cncnc1. The van der Waals surface area contributed by atoms with E-state index in [0.29, 0.717) is 6.04 Å². The summed E-state index contributed by atoms with van der Waals surface area (Å²) in [5, 5.41) is 3.32. The number of hydrogen-bond acceptors (Lipinski definition) is 3. The molecular formula is C12H21N3. The first-order valence-electron chi connectivity index (χ1n) is 5.80. The average molecular weight is 207 g/mol. The molecule has 0 bridgehead atoms. The summed E-state index contributed by atoms with van der Waals surface area (Å²) in [4.78, 5) is 8.09. The maximum Gasteiger partial charge on any atom is 0.115 e. The first kappa shape index (κ1) is 12.1. The number of hydrogen-bond donors (Lipinski definition) is 1. The lowest BCUT2D eigenvalue weighted by Crippen LogP contribution is -2.16. The average Bonchev–Trinajstić information content (AvgIpc) is 2.30. The van der Waals surface area contributed by atoms with E-state index in [2.05, 4.69) is 22.2 Å². The van der Waals surface area contributed by atoms with Crippen molar-refractivity contribution in [2.24, 2.45) is 0 Å². The van der Waals surface area contributed by atoms with Crippen molar-refractivity contribution in [2.45, 2.75) is 45.1 Å². The van der Waals surface area contributed by atoms with Gasteiger partial charge in [0.15, 0.2) is 0 Å². The first-order valence-corrected chi connectivity index (χ1v) is 5.80. The maximum atomic E-state index is 4.05. The fraction of sp³-hybridized carbons (Fsp3) is 0.667. The molecule has 1 aromatic heterocycles. The standard InChI is InChI=1S/C12H21N3/c1-3-4-5-6-7-12(13-2)11-8-14-10-15-9-11/h8-10,12-13H,3-7H2,1-2H3. The van der Waals surface area contributed by atoms with E-state index >= 15 is 0 Å². The highest BCUT2D eigenvalue weighted by Gasteiger charge is 2.08. The summed E-state index contributed by atoms with van der Waals surface area (Å²) in [5.41, 5.74) is 1.19. The Hall–Kier alpha value is -0.960. The molecule has 0 radical (unpaired) electrons. The summed E-state index contributed by atoms with van der Waals surface area (Å²) in [5.74, 6) is 0. The van der Waals surface area contributed by atoms with Gasteiger partial charge >= 0.3 is 0 Å². The quantitative estimate of drug-likeness (QED) is 0.699. The van der Waals surface area contributed by atoms with Crippen LogP contribution in [0.5, 0.6) is 0 Å². The zero-order valence-electron chi connectivity index (χ0n) is 9.74. The zero-order chi connectivity index (χ0) is 10.9. The van der Waals surface area contributed by atoms with Gasteiger partial charge in [0.05, 0.1) is 0 Å². The largest absolute Gasteiger partial charge is 0.313 e. The highest BCUT2D eigenvalue weighted by atomic mass is 14.9. The minimum atomic E-state index is 0.406. The fourth-order valence-electron chi connectivity index (χ4n) is 1.74. The molecule has 3 heteroatoms. The highest BCUT2D eigenvalue weighted by Crippen LogP contribution is 2.17. The molecule has 3 nitrogen and oxygen atoms in total. The molecule has 0 aliphatic heterocycles. The summed E-state index contributed by atoms with van der Waals surface area (Å²) >= 11 is 0. The minimum absolute atomic E-state index is 0.406. The van der Waals surface area contributed by atoms with Gasteiger partial charge in [0.1, 0.15) is 6.33 Å². The number of aromatic nitrogens is 2. The van der Waals surface area contributed by atoms with E-state index in [4.69, 9.17) is 0 Å². The molecule has 0 saturated heterocycles. The third-order valence-electron chi connectivity index (χ3n) is 2.68. The molecule has 0 aliphatic carbocycles. The predicted molar refractivity (Wildman–Crippen MR) is 62.6 cm³/mol. The Balaban J connectivity index is 2.36. The smallest absolute Gasteiger partial charge is 0.115 e. The monoisotopic (exact) mass is 207 g/mol. The third kappa shape index (κ3) is 4.38. The molecule has 1 atom stereocenters. The van der Waals surface area contributed by atoms with Crippen molar-refractivity contribution in [3.05, 3.63) is 24.3 Å². The van der Waals surface area contributed by atoms with Crippen LogP contribution >= 0.6 is 0 Å². The summed E-state index contributed by atoms with van der Waals surface area (Å²) in [6.07, 6.45) is 11.8. The topological polar surface area (TPSA) is 37.8 Å². The van der Waals surface area contributed by atoms with Gasteiger partial charge < -0.3 is 5.32 Å². The number of nitrogens with one attached hydrogen (secondary N) is 1. The Labute approximate surface area is 92.3 Å². The molecule has 1 N–H and O–H groups in total. The van der Waals surface area contributed by atoms with Crippen molar-refractivity contribution in [1.29, 1.82) is 0 Å². The molecule has 1 heterocycles. The molecule has 0 spiro atoms. The summed E-state index contributed by atoms with van der Waals surface area (Å²) in [6.45, 7) is 2.24. The summed E-state index contributed by atoms with van der Waals surface area (Å²) in [7, 11) is 2.00. The summed E-state index contributed by atoms with van der Waals surface area (Å²) in [6, 6.07) is 0.406. The van der Waals surface area contributed by atoms with Crippen LogP contribution in [0.3, 0.4) is 0 Å². The molecule has 0 fully saturated rings. The molecule has 0 saturated carbocycles. The van der Waals surface area contributed by atoms with Crippen LogP contribution in [0.25, 0.3) is 0 Å². The van der Waals surface area contributed by atoms with E-state index in [1.807, 2.05) is 19.4 Å². The van der Waals surface area contributed by atoms with Gasteiger partial charge in [0.25, 0.3) is 0 Å². The molecular weight excluding hydrogens is 186 g/mol. The van der Waals surface area contributed by atoms with Crippen molar-refractivity contribution in [2.75, 3.05) is 7.05 Å². The van der Waals surface area contributed by atoms with E-state index in [-0.39, 0.29) is 0 Å². The van der Waals surface area contributed by atoms with E-state index < -0.39 is 0 Å². The van der Waals surface area contributed by atoms with Crippen LogP contribution < -0.4 is 5.32 Å². The van der Waals surface area contributed by atoms with Gasteiger partial charge in [-0.25, -0.2) is 9.97 Å². The zero-order valence-corrected chi connectivity index (χ0v) is 9.74. The lowest BCUT2D eigenvalue weighted by Gasteiger charge is -2.15.